The van der Waals surface area contributed by atoms with Gasteiger partial charge in [0.05, 0.1) is 6.21 Å². The van der Waals surface area contributed by atoms with Crippen LogP contribution in [0.4, 0.5) is 0 Å². The highest BCUT2D eigenvalue weighted by molar-refractivity contribution is 7.98. The first-order valence-corrected chi connectivity index (χ1v) is 12.7. The van der Waals surface area contributed by atoms with Gasteiger partial charge in [0.25, 0.3) is 0 Å². The zero-order chi connectivity index (χ0) is 23.8. The van der Waals surface area contributed by atoms with Crippen molar-refractivity contribution in [2.75, 3.05) is 0 Å². The largest absolute Gasteiger partial charge is 0.488 e. The third-order valence-electron chi connectivity index (χ3n) is 4.95. The van der Waals surface area contributed by atoms with Crippen molar-refractivity contribution >= 4 is 41.2 Å². The number of aryl methyl sites for hydroxylation is 1. The van der Waals surface area contributed by atoms with E-state index in [9.17, 15) is 0 Å². The number of ether oxygens (including phenoxy) is 1. The Balaban J connectivity index is 1.52. The Morgan fingerprint density at radius 1 is 0.941 bits per heavy atom. The van der Waals surface area contributed by atoms with Crippen molar-refractivity contribution in [1.82, 2.24) is 14.9 Å². The van der Waals surface area contributed by atoms with Crippen molar-refractivity contribution in [1.29, 1.82) is 0 Å². The van der Waals surface area contributed by atoms with Crippen molar-refractivity contribution in [3.8, 4) is 5.75 Å². The molecule has 0 fully saturated rings. The lowest BCUT2D eigenvalue weighted by molar-refractivity contribution is 0.306. The number of aromatic nitrogens is 3. The highest BCUT2D eigenvalue weighted by Gasteiger charge is 2.12. The zero-order valence-electron chi connectivity index (χ0n) is 18.7. The average molecular weight is 511 g/mol. The molecule has 1 aromatic heterocycles. The van der Waals surface area contributed by atoms with E-state index in [1.807, 2.05) is 77.5 Å². The fraction of sp³-hybridized carbons (Fsp3) is 0.192. The van der Waals surface area contributed by atoms with Crippen LogP contribution in [0.5, 0.6) is 5.75 Å². The van der Waals surface area contributed by atoms with Gasteiger partial charge in [-0.25, -0.2) is 0 Å². The van der Waals surface area contributed by atoms with Gasteiger partial charge in [-0.3, -0.25) is 0 Å². The number of hydrogen-bond donors (Lipinski definition) is 0. The monoisotopic (exact) mass is 510 g/mol. The van der Waals surface area contributed by atoms with Crippen LogP contribution in [0.25, 0.3) is 0 Å². The lowest BCUT2D eigenvalue weighted by Gasteiger charge is -2.10. The summed E-state index contributed by atoms with van der Waals surface area (Å²) in [5.41, 5.74) is 3.03. The molecule has 0 aliphatic rings. The molecule has 0 radical (unpaired) electrons. The number of para-hydroxylation sites is 1. The molecule has 0 aliphatic carbocycles. The molecule has 34 heavy (non-hydrogen) atoms. The number of nitrogens with zero attached hydrogens (tertiary/aromatic N) is 4. The Bertz CT molecular complexity index is 1260. The molecule has 0 unspecified atom stereocenters. The standard InChI is InChI=1S/C26H24Cl2N4OS/c1-2-6-25-30-31-26(34-18-19-11-13-22(27)14-12-19)32(25)29-16-21-8-3-4-10-24(21)33-17-20-7-5-9-23(28)15-20/h3-5,7-16H,2,6,17-18H2,1H3/b29-16-. The van der Waals surface area contributed by atoms with Gasteiger partial charge in [-0.2, -0.15) is 9.78 Å². The topological polar surface area (TPSA) is 52.3 Å². The van der Waals surface area contributed by atoms with Crippen LogP contribution in [0.15, 0.2) is 83.1 Å². The van der Waals surface area contributed by atoms with E-state index in [2.05, 4.69) is 17.1 Å². The molecule has 4 rings (SSSR count). The maximum absolute atomic E-state index is 6.09. The molecule has 0 aliphatic heterocycles. The minimum atomic E-state index is 0.418. The van der Waals surface area contributed by atoms with Gasteiger partial charge in [0.2, 0.25) is 5.16 Å². The molecule has 5 nitrogen and oxygen atoms in total. The van der Waals surface area contributed by atoms with Crippen LogP contribution in [0.2, 0.25) is 10.0 Å². The molecule has 3 aromatic carbocycles. The number of rotatable bonds is 10. The third kappa shape index (κ3) is 6.63. The third-order valence-corrected chi connectivity index (χ3v) is 6.42. The summed E-state index contributed by atoms with van der Waals surface area (Å²) in [7, 11) is 0. The van der Waals surface area contributed by atoms with E-state index in [4.69, 9.17) is 33.0 Å². The number of thioether (sulfide) groups is 1. The number of hydrogen-bond acceptors (Lipinski definition) is 5. The maximum atomic E-state index is 6.09. The van der Waals surface area contributed by atoms with E-state index in [1.54, 1.807) is 18.0 Å². The maximum Gasteiger partial charge on any atom is 0.212 e. The van der Waals surface area contributed by atoms with E-state index < -0.39 is 0 Å². The Labute approximate surface area is 213 Å². The molecule has 8 heteroatoms. The SMILES string of the molecule is CCCc1nnc(SCc2ccc(Cl)cc2)n1/N=C\c1ccccc1OCc1cccc(Cl)c1. The molecule has 0 amide bonds. The second kappa shape index (κ2) is 12.1. The molecular formula is C26H24Cl2N4OS. The lowest BCUT2D eigenvalue weighted by atomic mass is 10.2. The van der Waals surface area contributed by atoms with Crippen molar-refractivity contribution in [2.45, 2.75) is 37.3 Å². The Hall–Kier alpha value is -2.80. The number of benzene rings is 3. The van der Waals surface area contributed by atoms with Gasteiger partial charge < -0.3 is 4.74 Å². The fourth-order valence-electron chi connectivity index (χ4n) is 3.24. The van der Waals surface area contributed by atoms with Crippen LogP contribution in [-0.2, 0) is 18.8 Å². The van der Waals surface area contributed by atoms with Crippen LogP contribution in [-0.4, -0.2) is 21.1 Å². The quantitative estimate of drug-likeness (QED) is 0.166. The Morgan fingerprint density at radius 2 is 1.76 bits per heavy atom. The summed E-state index contributed by atoms with van der Waals surface area (Å²) in [6, 6.07) is 23.3. The van der Waals surface area contributed by atoms with E-state index in [1.165, 1.54) is 0 Å². The molecule has 0 saturated heterocycles. The van der Waals surface area contributed by atoms with E-state index in [0.717, 1.165) is 57.0 Å². The summed E-state index contributed by atoms with van der Waals surface area (Å²) >= 11 is 13.7. The normalized spacial score (nSPS) is 11.3. The Morgan fingerprint density at radius 3 is 2.56 bits per heavy atom. The molecule has 1 heterocycles. The summed E-state index contributed by atoms with van der Waals surface area (Å²) in [5.74, 6) is 2.32. The van der Waals surface area contributed by atoms with Gasteiger partial charge in [-0.1, -0.05) is 78.3 Å². The predicted octanol–water partition coefficient (Wildman–Crippen LogP) is 7.29. The first kappa shape index (κ1) is 24.3. The van der Waals surface area contributed by atoms with Crippen molar-refractivity contribution < 1.29 is 4.74 Å². The second-order valence-electron chi connectivity index (χ2n) is 7.58. The second-order valence-corrected chi connectivity index (χ2v) is 9.39. The van der Waals surface area contributed by atoms with Gasteiger partial charge in [0.15, 0.2) is 5.82 Å². The zero-order valence-corrected chi connectivity index (χ0v) is 21.0. The summed E-state index contributed by atoms with van der Waals surface area (Å²) in [5, 5.41) is 15.6. The molecule has 0 spiro atoms. The minimum absolute atomic E-state index is 0.418. The highest BCUT2D eigenvalue weighted by Crippen LogP contribution is 2.24. The summed E-state index contributed by atoms with van der Waals surface area (Å²) in [4.78, 5) is 0. The van der Waals surface area contributed by atoms with E-state index in [-0.39, 0.29) is 0 Å². The first-order chi connectivity index (χ1) is 16.6. The van der Waals surface area contributed by atoms with Gasteiger partial charge >= 0.3 is 0 Å². The Kier molecular flexibility index (Phi) is 8.63. The summed E-state index contributed by atoms with van der Waals surface area (Å²) in [6.07, 6.45) is 3.54. The molecule has 4 aromatic rings. The lowest BCUT2D eigenvalue weighted by Crippen LogP contribution is -2.02. The molecule has 0 N–H and O–H groups in total. The van der Waals surface area contributed by atoms with Crippen LogP contribution in [0.3, 0.4) is 0 Å². The van der Waals surface area contributed by atoms with Gasteiger partial charge in [-0.15, -0.1) is 10.2 Å². The molecule has 0 bridgehead atoms. The molecular weight excluding hydrogens is 487 g/mol. The van der Waals surface area contributed by atoms with E-state index in [0.29, 0.717) is 11.6 Å². The average Bonchev–Trinajstić information content (AvgIpc) is 3.23. The predicted molar refractivity (Wildman–Crippen MR) is 140 cm³/mol. The van der Waals surface area contributed by atoms with Crippen LogP contribution in [0, 0.1) is 0 Å². The minimum Gasteiger partial charge on any atom is -0.488 e. The highest BCUT2D eigenvalue weighted by atomic mass is 35.5. The molecule has 0 atom stereocenters. The van der Waals surface area contributed by atoms with Crippen LogP contribution in [0.1, 0.15) is 35.9 Å². The van der Waals surface area contributed by atoms with Crippen molar-refractivity contribution in [3.63, 3.8) is 0 Å². The van der Waals surface area contributed by atoms with E-state index >= 15 is 0 Å². The van der Waals surface area contributed by atoms with Crippen molar-refractivity contribution in [2.24, 2.45) is 5.10 Å². The summed E-state index contributed by atoms with van der Waals surface area (Å²) < 4.78 is 7.88. The van der Waals surface area contributed by atoms with Gasteiger partial charge in [-0.05, 0) is 53.9 Å². The fourth-order valence-corrected chi connectivity index (χ4v) is 4.44. The van der Waals surface area contributed by atoms with Crippen LogP contribution >= 0.6 is 35.0 Å². The van der Waals surface area contributed by atoms with Gasteiger partial charge in [0, 0.05) is 27.8 Å². The first-order valence-electron chi connectivity index (χ1n) is 10.9. The van der Waals surface area contributed by atoms with Crippen molar-refractivity contribution in [3.05, 3.63) is 105 Å². The van der Waals surface area contributed by atoms with Crippen LogP contribution < -0.4 is 4.74 Å². The smallest absolute Gasteiger partial charge is 0.212 e. The molecule has 0 saturated carbocycles. The molecule has 174 valence electrons. The number of halogens is 2. The van der Waals surface area contributed by atoms with Gasteiger partial charge in [0.1, 0.15) is 12.4 Å². The summed E-state index contributed by atoms with van der Waals surface area (Å²) in [6.45, 7) is 2.53.